The molecule has 1 aliphatic carbocycles. The van der Waals surface area contributed by atoms with Crippen molar-refractivity contribution in [2.24, 2.45) is 0 Å². The summed E-state index contributed by atoms with van der Waals surface area (Å²) in [5.41, 5.74) is 8.11. The summed E-state index contributed by atoms with van der Waals surface area (Å²) in [6.45, 7) is 6.31. The molecular weight excluding hydrogens is 346 g/mol. The highest BCUT2D eigenvalue weighted by atomic mass is 16.4. The van der Waals surface area contributed by atoms with Crippen molar-refractivity contribution < 1.29 is 4.42 Å². The van der Waals surface area contributed by atoms with Gasteiger partial charge in [0.15, 0.2) is 0 Å². The smallest absolute Gasteiger partial charge is 0.339 e. The highest BCUT2D eigenvalue weighted by molar-refractivity contribution is 5.84. The van der Waals surface area contributed by atoms with E-state index < -0.39 is 0 Å². The molecule has 28 heavy (non-hydrogen) atoms. The third kappa shape index (κ3) is 2.47. The lowest BCUT2D eigenvalue weighted by molar-refractivity contribution is 0.555. The Kier molecular flexibility index (Phi) is 3.50. The number of benzene rings is 3. The van der Waals surface area contributed by atoms with Crippen molar-refractivity contribution >= 4 is 22.3 Å². The van der Waals surface area contributed by atoms with Crippen molar-refractivity contribution in [3.8, 4) is 11.1 Å². The highest BCUT2D eigenvalue weighted by Gasteiger charge is 2.35. The monoisotopic (exact) mass is 367 g/mol. The zero-order valence-corrected chi connectivity index (χ0v) is 16.2. The second-order valence-electron chi connectivity index (χ2n) is 8.03. The largest absolute Gasteiger partial charge is 0.422 e. The van der Waals surface area contributed by atoms with E-state index in [9.17, 15) is 4.79 Å². The fourth-order valence-corrected chi connectivity index (χ4v) is 4.24. The Bertz CT molecular complexity index is 1300. The Labute approximate surface area is 163 Å². The average Bonchev–Trinajstić information content (AvgIpc) is 2.91. The van der Waals surface area contributed by atoms with Gasteiger partial charge in [-0.3, -0.25) is 0 Å². The molecule has 138 valence electrons. The normalized spacial score (nSPS) is 14.0. The summed E-state index contributed by atoms with van der Waals surface area (Å²) in [6.07, 6.45) is 0. The van der Waals surface area contributed by atoms with Crippen LogP contribution in [0.2, 0.25) is 0 Å². The Morgan fingerprint density at radius 2 is 1.54 bits per heavy atom. The summed E-state index contributed by atoms with van der Waals surface area (Å²) in [5.74, 6) is 0. The number of hydrogen-bond acceptors (Lipinski definition) is 3. The van der Waals surface area contributed by atoms with Gasteiger partial charge in [-0.2, -0.15) is 0 Å². The number of aryl methyl sites for hydroxylation is 1. The van der Waals surface area contributed by atoms with Crippen molar-refractivity contribution in [1.29, 1.82) is 0 Å². The Morgan fingerprint density at radius 1 is 0.821 bits per heavy atom. The fraction of sp³-hybridized carbons (Fsp3) is 0.160. The first-order valence-corrected chi connectivity index (χ1v) is 9.49. The molecule has 3 heteroatoms. The maximum Gasteiger partial charge on any atom is 0.339 e. The quantitative estimate of drug-likeness (QED) is 0.432. The van der Waals surface area contributed by atoms with E-state index in [1.54, 1.807) is 6.92 Å². The third-order valence-electron chi connectivity index (χ3n) is 5.78. The summed E-state index contributed by atoms with van der Waals surface area (Å²) in [5, 5.41) is 4.39. The number of nitrogens with one attached hydrogen (secondary N) is 1. The van der Waals surface area contributed by atoms with E-state index in [1.807, 2.05) is 24.3 Å². The van der Waals surface area contributed by atoms with Crippen molar-refractivity contribution in [1.82, 2.24) is 0 Å². The van der Waals surface area contributed by atoms with E-state index in [0.717, 1.165) is 16.8 Å². The minimum absolute atomic E-state index is 0.0304. The third-order valence-corrected chi connectivity index (χ3v) is 5.78. The molecule has 0 saturated carbocycles. The molecule has 0 bridgehead atoms. The van der Waals surface area contributed by atoms with Crippen LogP contribution in [0.15, 0.2) is 75.9 Å². The van der Waals surface area contributed by atoms with Crippen LogP contribution in [0.4, 0.5) is 11.4 Å². The molecule has 1 aliphatic rings. The van der Waals surface area contributed by atoms with Crippen LogP contribution in [0.1, 0.15) is 30.5 Å². The first-order chi connectivity index (χ1) is 13.4. The molecule has 1 N–H and O–H groups in total. The van der Waals surface area contributed by atoms with Crippen LogP contribution >= 0.6 is 0 Å². The molecule has 0 radical (unpaired) electrons. The predicted octanol–water partition coefficient (Wildman–Crippen LogP) is 6.15. The van der Waals surface area contributed by atoms with Gasteiger partial charge in [-0.25, -0.2) is 4.79 Å². The number of fused-ring (bicyclic) bond motifs is 4. The molecule has 0 aliphatic heterocycles. The first-order valence-electron chi connectivity index (χ1n) is 9.49. The van der Waals surface area contributed by atoms with Gasteiger partial charge in [0.1, 0.15) is 5.58 Å². The topological polar surface area (TPSA) is 42.2 Å². The molecule has 0 unspecified atom stereocenters. The van der Waals surface area contributed by atoms with Crippen molar-refractivity contribution in [3.05, 3.63) is 93.8 Å². The minimum atomic E-state index is -0.290. The van der Waals surface area contributed by atoms with Gasteiger partial charge in [-0.1, -0.05) is 44.2 Å². The Morgan fingerprint density at radius 3 is 2.39 bits per heavy atom. The van der Waals surface area contributed by atoms with E-state index in [0.29, 0.717) is 11.1 Å². The lowest BCUT2D eigenvalue weighted by Gasteiger charge is -2.22. The molecule has 0 amide bonds. The fourth-order valence-electron chi connectivity index (χ4n) is 4.24. The Balaban J connectivity index is 1.54. The van der Waals surface area contributed by atoms with E-state index in [2.05, 4.69) is 61.6 Å². The molecule has 0 saturated heterocycles. The van der Waals surface area contributed by atoms with Gasteiger partial charge in [0, 0.05) is 33.8 Å². The average molecular weight is 367 g/mol. The van der Waals surface area contributed by atoms with E-state index in [1.165, 1.54) is 22.3 Å². The standard InChI is InChI=1S/C25H21NO2/c1-15-12-16-8-9-18(14-23(16)28-24(15)27)26-17-10-11-20-19-6-4-5-7-21(19)25(2,3)22(20)13-17/h4-14,26H,1-3H3. The summed E-state index contributed by atoms with van der Waals surface area (Å²) < 4.78 is 5.42. The first kappa shape index (κ1) is 16.8. The molecule has 1 heterocycles. The van der Waals surface area contributed by atoms with Gasteiger partial charge in [-0.05, 0) is 59.5 Å². The second kappa shape index (κ2) is 5.83. The van der Waals surface area contributed by atoms with Crippen LogP contribution in [0.3, 0.4) is 0 Å². The highest BCUT2D eigenvalue weighted by Crippen LogP contribution is 2.49. The minimum Gasteiger partial charge on any atom is -0.422 e. The molecule has 0 spiro atoms. The van der Waals surface area contributed by atoms with Crippen molar-refractivity contribution in [2.75, 3.05) is 5.32 Å². The van der Waals surface area contributed by atoms with Gasteiger partial charge >= 0.3 is 5.63 Å². The molecular formula is C25H21NO2. The van der Waals surface area contributed by atoms with E-state index >= 15 is 0 Å². The summed E-state index contributed by atoms with van der Waals surface area (Å²) in [7, 11) is 0. The van der Waals surface area contributed by atoms with Gasteiger partial charge < -0.3 is 9.73 Å². The lowest BCUT2D eigenvalue weighted by Crippen LogP contribution is -2.15. The molecule has 3 aromatic carbocycles. The van der Waals surface area contributed by atoms with Crippen LogP contribution in [0.5, 0.6) is 0 Å². The zero-order chi connectivity index (χ0) is 19.5. The number of hydrogen-bond donors (Lipinski definition) is 1. The molecule has 1 aromatic heterocycles. The van der Waals surface area contributed by atoms with Crippen LogP contribution in [-0.2, 0) is 5.41 Å². The van der Waals surface area contributed by atoms with Crippen LogP contribution in [-0.4, -0.2) is 0 Å². The van der Waals surface area contributed by atoms with Gasteiger partial charge in [0.05, 0.1) is 0 Å². The predicted molar refractivity (Wildman–Crippen MR) is 115 cm³/mol. The maximum absolute atomic E-state index is 11.8. The van der Waals surface area contributed by atoms with Crippen LogP contribution in [0, 0.1) is 6.92 Å². The van der Waals surface area contributed by atoms with Crippen LogP contribution in [0.25, 0.3) is 22.1 Å². The van der Waals surface area contributed by atoms with Crippen molar-refractivity contribution in [3.63, 3.8) is 0 Å². The molecule has 4 aromatic rings. The zero-order valence-electron chi connectivity index (χ0n) is 16.2. The van der Waals surface area contributed by atoms with Gasteiger partial charge in [0.25, 0.3) is 0 Å². The Hall–Kier alpha value is -3.33. The summed E-state index contributed by atoms with van der Waals surface area (Å²) in [6, 6.07) is 22.9. The number of anilines is 2. The van der Waals surface area contributed by atoms with Crippen molar-refractivity contribution in [2.45, 2.75) is 26.2 Å². The lowest BCUT2D eigenvalue weighted by atomic mass is 9.82. The SMILES string of the molecule is Cc1cc2ccc(Nc3ccc4c(c3)C(C)(C)c3ccccc3-4)cc2oc1=O. The maximum atomic E-state index is 11.8. The van der Waals surface area contributed by atoms with E-state index in [-0.39, 0.29) is 11.0 Å². The molecule has 0 atom stereocenters. The summed E-state index contributed by atoms with van der Waals surface area (Å²) in [4.78, 5) is 11.8. The molecule has 0 fully saturated rings. The van der Waals surface area contributed by atoms with Gasteiger partial charge in [-0.15, -0.1) is 0 Å². The van der Waals surface area contributed by atoms with Crippen LogP contribution < -0.4 is 10.9 Å². The second-order valence-corrected chi connectivity index (χ2v) is 8.03. The number of rotatable bonds is 2. The van der Waals surface area contributed by atoms with E-state index in [4.69, 9.17) is 4.42 Å². The van der Waals surface area contributed by atoms with Gasteiger partial charge in [0.2, 0.25) is 0 Å². The molecule has 5 rings (SSSR count). The summed E-state index contributed by atoms with van der Waals surface area (Å²) >= 11 is 0. The molecule has 3 nitrogen and oxygen atoms in total.